The summed E-state index contributed by atoms with van der Waals surface area (Å²) in [4.78, 5) is 2.86. The lowest BCUT2D eigenvalue weighted by molar-refractivity contribution is 0.697. The lowest BCUT2D eigenvalue weighted by Gasteiger charge is -2.08. The molecule has 2 N–H and O–H groups in total. The fourth-order valence-electron chi connectivity index (χ4n) is 2.73. The van der Waals surface area contributed by atoms with Crippen LogP contribution in [0, 0.1) is 0 Å². The molecule has 4 heteroatoms. The van der Waals surface area contributed by atoms with E-state index >= 15 is 0 Å². The van der Waals surface area contributed by atoms with E-state index in [2.05, 4.69) is 18.1 Å². The van der Waals surface area contributed by atoms with Crippen LogP contribution in [0.25, 0.3) is 10.6 Å². The molecule has 3 nitrogen and oxygen atoms in total. The number of thiophene rings is 1. The van der Waals surface area contributed by atoms with Crippen LogP contribution in [0.3, 0.4) is 0 Å². The molecule has 2 heterocycles. The SMILES string of the molecule is CCc1c(-c2cc3c(s2)CCCC3)nn(C)c1N. The topological polar surface area (TPSA) is 43.8 Å². The molecule has 0 aromatic carbocycles. The summed E-state index contributed by atoms with van der Waals surface area (Å²) in [5.74, 6) is 0.805. The van der Waals surface area contributed by atoms with E-state index in [0.717, 1.165) is 17.9 Å². The first-order valence-electron chi connectivity index (χ1n) is 6.64. The Hall–Kier alpha value is -1.29. The van der Waals surface area contributed by atoms with Crippen molar-refractivity contribution in [3.05, 3.63) is 22.1 Å². The van der Waals surface area contributed by atoms with Gasteiger partial charge in [0.15, 0.2) is 0 Å². The summed E-state index contributed by atoms with van der Waals surface area (Å²) < 4.78 is 1.80. The van der Waals surface area contributed by atoms with E-state index < -0.39 is 0 Å². The largest absolute Gasteiger partial charge is 0.384 e. The molecule has 2 aromatic heterocycles. The van der Waals surface area contributed by atoms with Gasteiger partial charge in [-0.2, -0.15) is 5.10 Å². The third-order valence-electron chi connectivity index (χ3n) is 3.78. The first-order chi connectivity index (χ1) is 8.70. The van der Waals surface area contributed by atoms with Crippen molar-refractivity contribution >= 4 is 17.2 Å². The molecule has 1 aliphatic rings. The zero-order chi connectivity index (χ0) is 12.7. The van der Waals surface area contributed by atoms with Gasteiger partial charge in [0, 0.05) is 17.5 Å². The van der Waals surface area contributed by atoms with Gasteiger partial charge in [-0.15, -0.1) is 11.3 Å². The van der Waals surface area contributed by atoms with Crippen LogP contribution in [0.5, 0.6) is 0 Å². The Bertz CT molecular complexity index is 557. The monoisotopic (exact) mass is 261 g/mol. The van der Waals surface area contributed by atoms with E-state index in [1.165, 1.54) is 41.7 Å². The van der Waals surface area contributed by atoms with E-state index in [1.54, 1.807) is 9.56 Å². The molecule has 0 saturated carbocycles. The molecule has 2 aromatic rings. The first kappa shape index (κ1) is 11.8. The van der Waals surface area contributed by atoms with E-state index in [9.17, 15) is 0 Å². The molecule has 0 saturated heterocycles. The molecule has 0 fully saturated rings. The van der Waals surface area contributed by atoms with Gasteiger partial charge in [0.05, 0.1) is 4.88 Å². The highest BCUT2D eigenvalue weighted by molar-refractivity contribution is 7.15. The summed E-state index contributed by atoms with van der Waals surface area (Å²) in [5.41, 5.74) is 9.90. The lowest BCUT2D eigenvalue weighted by Crippen LogP contribution is -1.98. The zero-order valence-corrected chi connectivity index (χ0v) is 11.8. The molecule has 0 amide bonds. The van der Waals surface area contributed by atoms with Gasteiger partial charge < -0.3 is 5.73 Å². The van der Waals surface area contributed by atoms with Crippen LogP contribution >= 0.6 is 11.3 Å². The number of hydrogen-bond donors (Lipinski definition) is 1. The minimum absolute atomic E-state index is 0.805. The highest BCUT2D eigenvalue weighted by Crippen LogP contribution is 2.37. The predicted octanol–water partition coefficient (Wildman–Crippen LogP) is 3.17. The summed E-state index contributed by atoms with van der Waals surface area (Å²) in [7, 11) is 1.92. The van der Waals surface area contributed by atoms with Crippen LogP contribution in [0.1, 0.15) is 35.8 Å². The molecule has 18 heavy (non-hydrogen) atoms. The second-order valence-corrected chi connectivity index (χ2v) is 6.09. The van der Waals surface area contributed by atoms with Crippen LogP contribution in [0.2, 0.25) is 0 Å². The zero-order valence-electron chi connectivity index (χ0n) is 11.0. The standard InChI is InChI=1S/C14H19N3S/c1-3-10-13(16-17(2)14(10)15)12-8-9-6-4-5-7-11(9)18-12/h8H,3-7,15H2,1-2H3. The van der Waals surface area contributed by atoms with Crippen molar-refractivity contribution in [2.75, 3.05) is 5.73 Å². The molecule has 0 spiro atoms. The second kappa shape index (κ2) is 4.43. The van der Waals surface area contributed by atoms with Crippen molar-refractivity contribution in [1.82, 2.24) is 9.78 Å². The molecule has 3 rings (SSSR count). The number of hydrogen-bond acceptors (Lipinski definition) is 3. The van der Waals surface area contributed by atoms with Crippen LogP contribution < -0.4 is 5.73 Å². The van der Waals surface area contributed by atoms with E-state index in [-0.39, 0.29) is 0 Å². The smallest absolute Gasteiger partial charge is 0.125 e. The van der Waals surface area contributed by atoms with Gasteiger partial charge in [-0.25, -0.2) is 0 Å². The van der Waals surface area contributed by atoms with Gasteiger partial charge in [-0.1, -0.05) is 6.92 Å². The number of fused-ring (bicyclic) bond motifs is 1. The Morgan fingerprint density at radius 1 is 1.39 bits per heavy atom. The average molecular weight is 261 g/mol. The summed E-state index contributed by atoms with van der Waals surface area (Å²) in [6.07, 6.45) is 6.07. The first-order valence-corrected chi connectivity index (χ1v) is 7.45. The molecule has 96 valence electrons. The Labute approximate surface area is 112 Å². The Balaban J connectivity index is 2.09. The van der Waals surface area contributed by atoms with E-state index in [0.29, 0.717) is 0 Å². The van der Waals surface area contributed by atoms with Gasteiger partial charge in [-0.3, -0.25) is 4.68 Å². The van der Waals surface area contributed by atoms with Crippen molar-refractivity contribution in [2.24, 2.45) is 7.05 Å². The summed E-state index contributed by atoms with van der Waals surface area (Å²) in [6, 6.07) is 2.33. The number of rotatable bonds is 2. The number of nitrogens with zero attached hydrogens (tertiary/aromatic N) is 2. The highest BCUT2D eigenvalue weighted by atomic mass is 32.1. The van der Waals surface area contributed by atoms with Crippen LogP contribution in [0.15, 0.2) is 6.07 Å². The number of anilines is 1. The fourth-order valence-corrected chi connectivity index (χ4v) is 4.00. The van der Waals surface area contributed by atoms with Crippen molar-refractivity contribution in [1.29, 1.82) is 0 Å². The van der Waals surface area contributed by atoms with E-state index in [1.807, 2.05) is 18.4 Å². The Kier molecular flexibility index (Phi) is 2.90. The minimum atomic E-state index is 0.805. The highest BCUT2D eigenvalue weighted by Gasteiger charge is 2.19. The molecular formula is C14H19N3S. The maximum atomic E-state index is 6.08. The number of nitrogens with two attached hydrogens (primary N) is 1. The van der Waals surface area contributed by atoms with Gasteiger partial charge in [0.1, 0.15) is 11.5 Å². The molecular weight excluding hydrogens is 242 g/mol. The summed E-state index contributed by atoms with van der Waals surface area (Å²) in [6.45, 7) is 2.14. The number of nitrogen functional groups attached to an aromatic ring is 1. The number of aromatic nitrogens is 2. The normalized spacial score (nSPS) is 14.8. The summed E-state index contributed by atoms with van der Waals surface area (Å²) in [5, 5.41) is 4.60. The maximum absolute atomic E-state index is 6.08. The Morgan fingerprint density at radius 3 is 2.89 bits per heavy atom. The summed E-state index contributed by atoms with van der Waals surface area (Å²) >= 11 is 1.91. The van der Waals surface area contributed by atoms with Gasteiger partial charge >= 0.3 is 0 Å². The lowest BCUT2D eigenvalue weighted by atomic mass is 9.99. The molecule has 0 atom stereocenters. The van der Waals surface area contributed by atoms with Crippen molar-refractivity contribution in [2.45, 2.75) is 39.0 Å². The fraction of sp³-hybridized carbons (Fsp3) is 0.500. The third-order valence-corrected chi connectivity index (χ3v) is 5.02. The molecule has 0 aliphatic heterocycles. The Morgan fingerprint density at radius 2 is 2.17 bits per heavy atom. The molecule has 0 radical (unpaired) electrons. The van der Waals surface area contributed by atoms with Gasteiger partial charge in [-0.05, 0) is 43.7 Å². The van der Waals surface area contributed by atoms with Crippen LogP contribution in [-0.2, 0) is 26.3 Å². The molecule has 0 bridgehead atoms. The maximum Gasteiger partial charge on any atom is 0.125 e. The average Bonchev–Trinajstić information content (AvgIpc) is 2.91. The van der Waals surface area contributed by atoms with Crippen molar-refractivity contribution < 1.29 is 0 Å². The molecule has 1 aliphatic carbocycles. The van der Waals surface area contributed by atoms with Crippen LogP contribution in [-0.4, -0.2) is 9.78 Å². The van der Waals surface area contributed by atoms with Crippen LogP contribution in [0.4, 0.5) is 5.82 Å². The number of aryl methyl sites for hydroxylation is 3. The minimum Gasteiger partial charge on any atom is -0.384 e. The van der Waals surface area contributed by atoms with Gasteiger partial charge in [0.25, 0.3) is 0 Å². The van der Waals surface area contributed by atoms with E-state index in [4.69, 9.17) is 5.73 Å². The van der Waals surface area contributed by atoms with Crippen molar-refractivity contribution in [3.63, 3.8) is 0 Å². The quantitative estimate of drug-likeness (QED) is 0.902. The third kappa shape index (κ3) is 1.75. The molecule has 0 unspecified atom stereocenters. The second-order valence-electron chi connectivity index (χ2n) is 4.96. The van der Waals surface area contributed by atoms with Crippen molar-refractivity contribution in [3.8, 4) is 10.6 Å². The predicted molar refractivity (Wildman–Crippen MR) is 77.0 cm³/mol. The van der Waals surface area contributed by atoms with Gasteiger partial charge in [0.2, 0.25) is 0 Å².